The van der Waals surface area contributed by atoms with Crippen LogP contribution in [0.15, 0.2) is 65.8 Å². The Morgan fingerprint density at radius 3 is 1.88 bits per heavy atom. The summed E-state index contributed by atoms with van der Waals surface area (Å²) in [6, 6.07) is 21.8. The van der Waals surface area contributed by atoms with E-state index in [1.54, 1.807) is 0 Å². The summed E-state index contributed by atoms with van der Waals surface area (Å²) in [5.74, 6) is 0.718. The molecule has 2 aromatic rings. The van der Waals surface area contributed by atoms with Crippen LogP contribution in [0.1, 0.15) is 42.5 Å². The van der Waals surface area contributed by atoms with Crippen molar-refractivity contribution in [2.75, 3.05) is 0 Å². The predicted octanol–water partition coefficient (Wildman–Crippen LogP) is 3.68. The van der Waals surface area contributed by atoms with E-state index in [0.717, 1.165) is 12.8 Å². The van der Waals surface area contributed by atoms with Crippen molar-refractivity contribution in [1.82, 2.24) is 10.7 Å². The molecule has 2 bridgehead atoms. The first-order valence-electron chi connectivity index (χ1n) is 9.23. The monoisotopic (exact) mass is 364 g/mol. The Morgan fingerprint density at radius 2 is 1.42 bits per heavy atom. The Balaban J connectivity index is 1.76. The van der Waals surface area contributed by atoms with E-state index in [2.05, 4.69) is 76.5 Å². The number of fused-ring (bicyclic) bond motifs is 2. The quantitative estimate of drug-likeness (QED) is 0.574. The van der Waals surface area contributed by atoms with Gasteiger partial charge in [0, 0.05) is 29.6 Å². The van der Waals surface area contributed by atoms with Crippen molar-refractivity contribution in [2.24, 2.45) is 22.7 Å². The molecule has 134 valence electrons. The van der Waals surface area contributed by atoms with E-state index >= 15 is 0 Å². The summed E-state index contributed by atoms with van der Waals surface area (Å²) in [5.41, 5.74) is 12.3. The molecule has 26 heavy (non-hydrogen) atoms. The van der Waals surface area contributed by atoms with E-state index in [1.165, 1.54) is 23.3 Å². The fourth-order valence-electron chi connectivity index (χ4n) is 4.49. The first kappa shape index (κ1) is 17.2. The zero-order valence-electron chi connectivity index (χ0n) is 14.6. The Labute approximate surface area is 159 Å². The standard InChI is InChI=1S/C21H24N4S/c22-21(26)25-24-20-16-12-7-13-17(20)19(15-10-5-2-6-11-15)23-18(16)14-8-3-1-4-9-14/h1-6,8-11,16-19,23H,7,12-13H2,(H3,22,25,26)/t16-,17+,18+,19-. The molecule has 0 spiro atoms. The molecule has 1 aliphatic heterocycles. The largest absolute Gasteiger partial charge is 0.375 e. The van der Waals surface area contributed by atoms with E-state index in [9.17, 15) is 0 Å². The summed E-state index contributed by atoms with van der Waals surface area (Å²) in [5, 5.41) is 8.84. The predicted molar refractivity (Wildman–Crippen MR) is 110 cm³/mol. The molecule has 1 saturated heterocycles. The third-order valence-electron chi connectivity index (χ3n) is 5.57. The number of thiocarbonyl (C=S) groups is 1. The van der Waals surface area contributed by atoms with Gasteiger partial charge in [0.25, 0.3) is 0 Å². The number of hydrogen-bond acceptors (Lipinski definition) is 3. The minimum Gasteiger partial charge on any atom is -0.375 e. The summed E-state index contributed by atoms with van der Waals surface area (Å²) in [6.07, 6.45) is 3.47. The molecule has 4 nitrogen and oxygen atoms in total. The van der Waals surface area contributed by atoms with E-state index in [4.69, 9.17) is 18.0 Å². The highest BCUT2D eigenvalue weighted by atomic mass is 32.1. The van der Waals surface area contributed by atoms with Crippen LogP contribution in [0.25, 0.3) is 0 Å². The van der Waals surface area contributed by atoms with Gasteiger partial charge in [0.2, 0.25) is 0 Å². The number of nitrogens with two attached hydrogens (primary N) is 1. The average molecular weight is 365 g/mol. The normalized spacial score (nSPS) is 29.3. The number of hydrazone groups is 1. The molecular formula is C21H24N4S. The molecule has 0 radical (unpaired) electrons. The molecule has 1 aliphatic carbocycles. The van der Waals surface area contributed by atoms with E-state index in [1.807, 2.05) is 0 Å². The lowest BCUT2D eigenvalue weighted by molar-refractivity contribution is 0.232. The second kappa shape index (κ2) is 7.56. The van der Waals surface area contributed by atoms with Gasteiger partial charge in [-0.25, -0.2) is 0 Å². The van der Waals surface area contributed by atoms with Crippen molar-refractivity contribution in [2.45, 2.75) is 31.3 Å². The third kappa shape index (κ3) is 3.37. The van der Waals surface area contributed by atoms with Crippen LogP contribution in [-0.4, -0.2) is 10.8 Å². The van der Waals surface area contributed by atoms with Crippen LogP contribution < -0.4 is 16.5 Å². The summed E-state index contributed by atoms with van der Waals surface area (Å²) in [4.78, 5) is 0. The maximum absolute atomic E-state index is 5.65. The van der Waals surface area contributed by atoms with Crippen LogP contribution in [0.3, 0.4) is 0 Å². The van der Waals surface area contributed by atoms with Gasteiger partial charge >= 0.3 is 0 Å². The van der Waals surface area contributed by atoms with Gasteiger partial charge < -0.3 is 11.1 Å². The van der Waals surface area contributed by atoms with Gasteiger partial charge in [-0.05, 0) is 36.2 Å². The summed E-state index contributed by atoms with van der Waals surface area (Å²) >= 11 is 4.99. The molecule has 2 aliphatic rings. The maximum Gasteiger partial charge on any atom is 0.184 e. The highest BCUT2D eigenvalue weighted by Gasteiger charge is 2.45. The van der Waals surface area contributed by atoms with Crippen molar-refractivity contribution < 1.29 is 0 Å². The number of hydrogen-bond donors (Lipinski definition) is 3. The zero-order chi connectivity index (χ0) is 17.9. The summed E-state index contributed by atoms with van der Waals surface area (Å²) in [7, 11) is 0. The van der Waals surface area contributed by atoms with Gasteiger partial charge in [-0.15, -0.1) is 0 Å². The number of nitrogens with one attached hydrogen (secondary N) is 2. The molecule has 4 N–H and O–H groups in total. The zero-order valence-corrected chi connectivity index (χ0v) is 15.5. The minimum atomic E-state index is 0.224. The van der Waals surface area contributed by atoms with Gasteiger partial charge in [0.05, 0.1) is 0 Å². The molecule has 2 aromatic carbocycles. The van der Waals surface area contributed by atoms with Crippen LogP contribution in [0.2, 0.25) is 0 Å². The molecule has 5 heteroatoms. The average Bonchev–Trinajstić information content (AvgIpc) is 2.68. The highest BCUT2D eigenvalue weighted by Crippen LogP contribution is 2.46. The molecule has 4 atom stereocenters. The van der Waals surface area contributed by atoms with Gasteiger partial charge in [-0.2, -0.15) is 5.10 Å². The molecular weight excluding hydrogens is 340 g/mol. The van der Waals surface area contributed by atoms with Crippen molar-refractivity contribution in [1.29, 1.82) is 0 Å². The van der Waals surface area contributed by atoms with Gasteiger partial charge in [0.1, 0.15) is 0 Å². The Morgan fingerprint density at radius 1 is 0.923 bits per heavy atom. The topological polar surface area (TPSA) is 62.4 Å². The first-order valence-corrected chi connectivity index (χ1v) is 9.63. The van der Waals surface area contributed by atoms with Crippen LogP contribution in [-0.2, 0) is 0 Å². The second-order valence-electron chi connectivity index (χ2n) is 7.10. The van der Waals surface area contributed by atoms with E-state index in [0.29, 0.717) is 11.8 Å². The Bertz CT molecular complexity index is 735. The maximum atomic E-state index is 5.65. The van der Waals surface area contributed by atoms with E-state index in [-0.39, 0.29) is 17.2 Å². The molecule has 0 unspecified atom stereocenters. The fourth-order valence-corrected chi connectivity index (χ4v) is 4.54. The SMILES string of the molecule is NC(=S)NN=C1[C@H]2CCC[C@@H]1[C@H](c1ccccc1)N[C@@H]2c1ccccc1. The van der Waals surface area contributed by atoms with Crippen molar-refractivity contribution in [3.05, 3.63) is 71.8 Å². The molecule has 1 saturated carbocycles. The van der Waals surface area contributed by atoms with Crippen LogP contribution in [0.5, 0.6) is 0 Å². The van der Waals surface area contributed by atoms with Gasteiger partial charge in [-0.1, -0.05) is 67.1 Å². The van der Waals surface area contributed by atoms with Crippen LogP contribution in [0, 0.1) is 11.8 Å². The van der Waals surface area contributed by atoms with E-state index < -0.39 is 0 Å². The van der Waals surface area contributed by atoms with Crippen LogP contribution >= 0.6 is 12.2 Å². The lowest BCUT2D eigenvalue weighted by Crippen LogP contribution is -2.51. The molecule has 2 fully saturated rings. The van der Waals surface area contributed by atoms with Crippen LogP contribution in [0.4, 0.5) is 0 Å². The summed E-state index contributed by atoms with van der Waals surface area (Å²) < 4.78 is 0. The highest BCUT2D eigenvalue weighted by molar-refractivity contribution is 7.80. The smallest absolute Gasteiger partial charge is 0.184 e. The summed E-state index contributed by atoms with van der Waals surface area (Å²) in [6.45, 7) is 0. The number of rotatable bonds is 3. The minimum absolute atomic E-state index is 0.224. The third-order valence-corrected chi connectivity index (χ3v) is 5.66. The van der Waals surface area contributed by atoms with Crippen molar-refractivity contribution >= 4 is 23.0 Å². The molecule has 1 heterocycles. The van der Waals surface area contributed by atoms with Gasteiger partial charge in [-0.3, -0.25) is 5.43 Å². The number of benzene rings is 2. The Hall–Kier alpha value is -2.24. The number of nitrogens with zero attached hydrogens (tertiary/aromatic N) is 1. The molecule has 4 rings (SSSR count). The lowest BCUT2D eigenvalue weighted by Gasteiger charge is -2.47. The number of piperidine rings is 1. The fraction of sp³-hybridized carbons (Fsp3) is 0.333. The molecule has 0 aromatic heterocycles. The van der Waals surface area contributed by atoms with Gasteiger partial charge in [0.15, 0.2) is 5.11 Å². The van der Waals surface area contributed by atoms with Crippen molar-refractivity contribution in [3.63, 3.8) is 0 Å². The molecule has 0 amide bonds. The van der Waals surface area contributed by atoms with Crippen molar-refractivity contribution in [3.8, 4) is 0 Å². The Kier molecular flexibility index (Phi) is 5.00. The first-order chi connectivity index (χ1) is 12.7. The second-order valence-corrected chi connectivity index (χ2v) is 7.54. The lowest BCUT2D eigenvalue weighted by atomic mass is 9.67.